The molecule has 0 radical (unpaired) electrons. The average Bonchev–Trinajstić information content (AvgIpc) is 3.13. The number of nitrogens with zero attached hydrogens (tertiary/aromatic N) is 5. The second-order valence-corrected chi connectivity index (χ2v) is 5.58. The molecule has 3 rings (SSSR count). The molecule has 0 amide bonds. The van der Waals surface area contributed by atoms with Crippen molar-refractivity contribution in [2.75, 3.05) is 30.8 Å². The molecule has 0 aliphatic carbocycles. The van der Waals surface area contributed by atoms with Crippen LogP contribution in [-0.2, 0) is 0 Å². The van der Waals surface area contributed by atoms with E-state index >= 15 is 0 Å². The summed E-state index contributed by atoms with van der Waals surface area (Å²) in [5.74, 6) is 0.796. The molecule has 1 saturated heterocycles. The van der Waals surface area contributed by atoms with Gasteiger partial charge in [0.2, 0.25) is 5.95 Å². The van der Waals surface area contributed by atoms with Crippen molar-refractivity contribution in [1.82, 2.24) is 25.1 Å². The molecule has 0 saturated carbocycles. The lowest BCUT2D eigenvalue weighted by molar-refractivity contribution is 0.0546. The van der Waals surface area contributed by atoms with Crippen LogP contribution in [0, 0.1) is 6.92 Å². The number of rotatable bonds is 4. The van der Waals surface area contributed by atoms with Gasteiger partial charge in [0.25, 0.3) is 0 Å². The SMILES string of the molecule is CN[C@@H]1CCN(c2cc(-c3cc(C)n(C(F)F)n3)nc(N)n2)C1. The Balaban J connectivity index is 1.93. The van der Waals surface area contributed by atoms with Gasteiger partial charge < -0.3 is 16.0 Å². The van der Waals surface area contributed by atoms with Gasteiger partial charge in [-0.1, -0.05) is 0 Å². The summed E-state index contributed by atoms with van der Waals surface area (Å²) in [7, 11) is 1.92. The van der Waals surface area contributed by atoms with Crippen molar-refractivity contribution in [3.63, 3.8) is 0 Å². The van der Waals surface area contributed by atoms with E-state index in [-0.39, 0.29) is 5.95 Å². The highest BCUT2D eigenvalue weighted by Crippen LogP contribution is 2.26. The Morgan fingerprint density at radius 1 is 1.30 bits per heavy atom. The molecule has 1 aliphatic heterocycles. The van der Waals surface area contributed by atoms with E-state index in [0.717, 1.165) is 19.5 Å². The van der Waals surface area contributed by atoms with Gasteiger partial charge in [-0.05, 0) is 26.5 Å². The average molecular weight is 323 g/mol. The van der Waals surface area contributed by atoms with Crippen molar-refractivity contribution in [2.45, 2.75) is 25.9 Å². The third kappa shape index (κ3) is 3.09. The van der Waals surface area contributed by atoms with Gasteiger partial charge in [0.05, 0.1) is 5.69 Å². The van der Waals surface area contributed by atoms with Crippen molar-refractivity contribution in [3.05, 3.63) is 17.8 Å². The number of anilines is 2. The van der Waals surface area contributed by atoms with Crippen LogP contribution < -0.4 is 16.0 Å². The number of hydrogen-bond acceptors (Lipinski definition) is 6. The van der Waals surface area contributed by atoms with Crippen LogP contribution >= 0.6 is 0 Å². The summed E-state index contributed by atoms with van der Waals surface area (Å²) in [6.45, 7) is 0.562. The van der Waals surface area contributed by atoms with Gasteiger partial charge in [-0.3, -0.25) is 0 Å². The maximum atomic E-state index is 12.9. The number of halogens is 2. The standard InChI is InChI=1S/C14H19F2N7/c1-8-5-11(21-23(8)13(15)16)10-6-12(20-14(17)19-10)22-4-3-9(7-22)18-2/h5-6,9,13,18H,3-4,7H2,1-2H3,(H2,17,19,20)/t9-/m1/s1. The summed E-state index contributed by atoms with van der Waals surface area (Å²) < 4.78 is 26.4. The van der Waals surface area contributed by atoms with E-state index in [1.54, 1.807) is 19.1 Å². The summed E-state index contributed by atoms with van der Waals surface area (Å²) in [4.78, 5) is 10.5. The van der Waals surface area contributed by atoms with Gasteiger partial charge in [0, 0.05) is 30.9 Å². The molecule has 23 heavy (non-hydrogen) atoms. The lowest BCUT2D eigenvalue weighted by atomic mass is 10.2. The van der Waals surface area contributed by atoms with Crippen molar-refractivity contribution in [1.29, 1.82) is 0 Å². The number of aryl methyl sites for hydroxylation is 1. The molecule has 1 atom stereocenters. The molecule has 124 valence electrons. The van der Waals surface area contributed by atoms with E-state index in [0.29, 0.717) is 33.6 Å². The largest absolute Gasteiger partial charge is 0.368 e. The van der Waals surface area contributed by atoms with E-state index in [9.17, 15) is 8.78 Å². The lowest BCUT2D eigenvalue weighted by Gasteiger charge is -2.18. The number of alkyl halides is 2. The lowest BCUT2D eigenvalue weighted by Crippen LogP contribution is -2.30. The van der Waals surface area contributed by atoms with Crippen LogP contribution in [0.2, 0.25) is 0 Å². The van der Waals surface area contributed by atoms with E-state index in [2.05, 4.69) is 25.3 Å². The first-order chi connectivity index (χ1) is 11.0. The molecular weight excluding hydrogens is 304 g/mol. The maximum Gasteiger partial charge on any atom is 0.333 e. The van der Waals surface area contributed by atoms with Crippen LogP contribution in [0.4, 0.5) is 20.5 Å². The molecule has 0 spiro atoms. The number of aromatic nitrogens is 4. The summed E-state index contributed by atoms with van der Waals surface area (Å²) in [5.41, 5.74) is 6.97. The number of nitrogens with two attached hydrogens (primary N) is 1. The molecule has 0 aromatic carbocycles. The minimum atomic E-state index is -2.68. The smallest absolute Gasteiger partial charge is 0.333 e. The van der Waals surface area contributed by atoms with E-state index in [1.165, 1.54) is 0 Å². The van der Waals surface area contributed by atoms with Crippen LogP contribution in [0.5, 0.6) is 0 Å². The molecule has 0 bridgehead atoms. The molecule has 9 heteroatoms. The summed E-state index contributed by atoms with van der Waals surface area (Å²) in [6.07, 6.45) is 1.01. The topological polar surface area (TPSA) is 84.9 Å². The highest BCUT2D eigenvalue weighted by atomic mass is 19.3. The first-order valence-corrected chi connectivity index (χ1v) is 7.39. The Morgan fingerprint density at radius 3 is 2.70 bits per heavy atom. The highest BCUT2D eigenvalue weighted by Gasteiger charge is 2.23. The first-order valence-electron chi connectivity index (χ1n) is 7.39. The van der Waals surface area contributed by atoms with Crippen molar-refractivity contribution in [3.8, 4) is 11.4 Å². The van der Waals surface area contributed by atoms with Crippen LogP contribution in [-0.4, -0.2) is 45.9 Å². The molecule has 3 N–H and O–H groups in total. The van der Waals surface area contributed by atoms with E-state index in [1.807, 2.05) is 7.05 Å². The normalized spacial score (nSPS) is 18.1. The summed E-state index contributed by atoms with van der Waals surface area (Å²) >= 11 is 0. The zero-order valence-corrected chi connectivity index (χ0v) is 13.0. The molecular formula is C14H19F2N7. The third-order valence-electron chi connectivity index (χ3n) is 4.02. The summed E-state index contributed by atoms with van der Waals surface area (Å²) in [5, 5.41) is 7.14. The van der Waals surface area contributed by atoms with Crippen LogP contribution in [0.15, 0.2) is 12.1 Å². The second kappa shape index (κ2) is 6.07. The Labute approximate surface area is 132 Å². The van der Waals surface area contributed by atoms with Crippen LogP contribution in [0.25, 0.3) is 11.4 Å². The number of hydrogen-bond donors (Lipinski definition) is 2. The zero-order chi connectivity index (χ0) is 16.6. The van der Waals surface area contributed by atoms with Gasteiger partial charge in [-0.25, -0.2) is 9.67 Å². The Morgan fingerprint density at radius 2 is 2.09 bits per heavy atom. The van der Waals surface area contributed by atoms with Crippen molar-refractivity contribution < 1.29 is 8.78 Å². The Bertz CT molecular complexity index is 700. The van der Waals surface area contributed by atoms with E-state index < -0.39 is 6.55 Å². The zero-order valence-electron chi connectivity index (χ0n) is 13.0. The third-order valence-corrected chi connectivity index (χ3v) is 4.02. The fraction of sp³-hybridized carbons (Fsp3) is 0.500. The van der Waals surface area contributed by atoms with Crippen molar-refractivity contribution in [2.24, 2.45) is 0 Å². The van der Waals surface area contributed by atoms with Gasteiger partial charge in [-0.15, -0.1) is 0 Å². The maximum absolute atomic E-state index is 12.9. The molecule has 2 aromatic heterocycles. The molecule has 1 fully saturated rings. The van der Waals surface area contributed by atoms with Crippen LogP contribution in [0.3, 0.4) is 0 Å². The minimum absolute atomic E-state index is 0.106. The molecule has 2 aromatic rings. The predicted octanol–water partition coefficient (Wildman–Crippen LogP) is 1.42. The van der Waals surface area contributed by atoms with Crippen molar-refractivity contribution >= 4 is 11.8 Å². The van der Waals surface area contributed by atoms with Gasteiger partial charge in [-0.2, -0.15) is 18.9 Å². The number of nitrogens with one attached hydrogen (secondary N) is 1. The predicted molar refractivity (Wildman–Crippen MR) is 83.3 cm³/mol. The molecule has 0 unspecified atom stereocenters. The Hall–Kier alpha value is -2.29. The monoisotopic (exact) mass is 323 g/mol. The molecule has 3 heterocycles. The fourth-order valence-electron chi connectivity index (χ4n) is 2.76. The quantitative estimate of drug-likeness (QED) is 0.885. The summed E-state index contributed by atoms with van der Waals surface area (Å²) in [6, 6.07) is 3.71. The van der Waals surface area contributed by atoms with Crippen LogP contribution in [0.1, 0.15) is 18.7 Å². The Kier molecular flexibility index (Phi) is 4.12. The van der Waals surface area contributed by atoms with Gasteiger partial charge in [0.15, 0.2) is 0 Å². The fourth-order valence-corrected chi connectivity index (χ4v) is 2.76. The highest BCUT2D eigenvalue weighted by molar-refractivity contribution is 5.61. The second-order valence-electron chi connectivity index (χ2n) is 5.58. The first kappa shape index (κ1) is 15.6. The van der Waals surface area contributed by atoms with E-state index in [4.69, 9.17) is 5.73 Å². The minimum Gasteiger partial charge on any atom is -0.368 e. The number of nitrogen functional groups attached to an aromatic ring is 1. The molecule has 1 aliphatic rings. The van der Waals surface area contributed by atoms with Gasteiger partial charge in [0.1, 0.15) is 11.5 Å². The molecule has 7 nitrogen and oxygen atoms in total. The van der Waals surface area contributed by atoms with Gasteiger partial charge >= 0.3 is 6.55 Å². The number of likely N-dealkylation sites (N-methyl/N-ethyl adjacent to an activating group) is 1.